The first-order valence-electron chi connectivity index (χ1n) is 6.40. The minimum absolute atomic E-state index is 0.160. The smallest absolute Gasteiger partial charge is 0.311 e. The highest BCUT2D eigenvalue weighted by Gasteiger charge is 2.08. The molecule has 0 spiro atoms. The van der Waals surface area contributed by atoms with Crippen molar-refractivity contribution < 1.29 is 9.53 Å². The number of rotatable bonds is 4. The van der Waals surface area contributed by atoms with E-state index in [0.717, 1.165) is 31.5 Å². The molecule has 0 radical (unpaired) electrons. The van der Waals surface area contributed by atoms with Crippen LogP contribution in [0.15, 0.2) is 35.9 Å². The van der Waals surface area contributed by atoms with Crippen molar-refractivity contribution in [2.45, 2.75) is 26.2 Å². The first-order chi connectivity index (χ1) is 8.74. The Hall–Kier alpha value is -1.61. The fraction of sp³-hybridized carbons (Fsp3) is 0.400. The molecular weight excluding hydrogens is 226 g/mol. The maximum atomic E-state index is 11.7. The van der Waals surface area contributed by atoms with Crippen molar-refractivity contribution in [1.29, 1.82) is 0 Å². The van der Waals surface area contributed by atoms with Gasteiger partial charge in [0, 0.05) is 13.0 Å². The lowest BCUT2D eigenvalue weighted by Gasteiger charge is -2.13. The standard InChI is InChI=1S/C15H19NO2/c1-12-4-2-6-14(10-12)18-15(17)8-7-13-5-3-9-16-11-13/h2,4-6,10,16H,3,7-9,11H2,1H3. The monoisotopic (exact) mass is 245 g/mol. The van der Waals surface area contributed by atoms with Crippen molar-refractivity contribution in [3.8, 4) is 5.75 Å². The van der Waals surface area contributed by atoms with Crippen LogP contribution >= 0.6 is 0 Å². The van der Waals surface area contributed by atoms with Crippen LogP contribution in [0.25, 0.3) is 0 Å². The third-order valence-corrected chi connectivity index (χ3v) is 2.98. The fourth-order valence-corrected chi connectivity index (χ4v) is 2.01. The van der Waals surface area contributed by atoms with Gasteiger partial charge in [-0.25, -0.2) is 0 Å². The van der Waals surface area contributed by atoms with Gasteiger partial charge in [0.25, 0.3) is 0 Å². The van der Waals surface area contributed by atoms with Gasteiger partial charge in [0.05, 0.1) is 0 Å². The second kappa shape index (κ2) is 6.36. The van der Waals surface area contributed by atoms with Gasteiger partial charge in [0.15, 0.2) is 0 Å². The van der Waals surface area contributed by atoms with Crippen LogP contribution in [-0.4, -0.2) is 19.1 Å². The fourth-order valence-electron chi connectivity index (χ4n) is 2.01. The van der Waals surface area contributed by atoms with E-state index < -0.39 is 0 Å². The number of aryl methyl sites for hydroxylation is 1. The highest BCUT2D eigenvalue weighted by molar-refractivity contribution is 5.72. The number of benzene rings is 1. The summed E-state index contributed by atoms with van der Waals surface area (Å²) in [5.74, 6) is 0.475. The molecule has 0 atom stereocenters. The second-order valence-electron chi connectivity index (χ2n) is 4.62. The van der Waals surface area contributed by atoms with E-state index in [1.54, 1.807) is 0 Å². The summed E-state index contributed by atoms with van der Waals surface area (Å²) < 4.78 is 5.30. The topological polar surface area (TPSA) is 38.3 Å². The summed E-state index contributed by atoms with van der Waals surface area (Å²) in [7, 11) is 0. The van der Waals surface area contributed by atoms with Crippen molar-refractivity contribution >= 4 is 5.97 Å². The molecule has 0 saturated carbocycles. The predicted molar refractivity (Wildman–Crippen MR) is 71.6 cm³/mol. The first-order valence-corrected chi connectivity index (χ1v) is 6.40. The van der Waals surface area contributed by atoms with Crippen LogP contribution in [0.4, 0.5) is 0 Å². The van der Waals surface area contributed by atoms with Gasteiger partial charge in [-0.2, -0.15) is 0 Å². The molecule has 0 amide bonds. The van der Waals surface area contributed by atoms with Gasteiger partial charge < -0.3 is 10.1 Å². The van der Waals surface area contributed by atoms with Crippen LogP contribution in [0, 0.1) is 6.92 Å². The van der Waals surface area contributed by atoms with Crippen molar-refractivity contribution in [2.24, 2.45) is 0 Å². The maximum Gasteiger partial charge on any atom is 0.311 e. The normalized spacial score (nSPS) is 15.1. The molecule has 1 aliphatic heterocycles. The third kappa shape index (κ3) is 4.00. The average Bonchev–Trinajstić information content (AvgIpc) is 2.38. The molecule has 0 saturated heterocycles. The Morgan fingerprint density at radius 1 is 1.44 bits per heavy atom. The lowest BCUT2D eigenvalue weighted by atomic mass is 10.1. The Bertz CT molecular complexity index is 452. The molecule has 96 valence electrons. The van der Waals surface area contributed by atoms with Gasteiger partial charge in [0.2, 0.25) is 0 Å². The molecule has 18 heavy (non-hydrogen) atoms. The molecule has 1 N–H and O–H groups in total. The summed E-state index contributed by atoms with van der Waals surface area (Å²) >= 11 is 0. The quantitative estimate of drug-likeness (QED) is 0.503. The minimum atomic E-state index is -0.160. The Morgan fingerprint density at radius 2 is 2.33 bits per heavy atom. The zero-order valence-corrected chi connectivity index (χ0v) is 10.7. The van der Waals surface area contributed by atoms with E-state index in [1.807, 2.05) is 31.2 Å². The average molecular weight is 245 g/mol. The van der Waals surface area contributed by atoms with Crippen LogP contribution in [-0.2, 0) is 4.79 Å². The van der Waals surface area contributed by atoms with Crippen LogP contribution < -0.4 is 10.1 Å². The van der Waals surface area contributed by atoms with E-state index in [-0.39, 0.29) is 5.97 Å². The van der Waals surface area contributed by atoms with Gasteiger partial charge in [-0.15, -0.1) is 0 Å². The van der Waals surface area contributed by atoms with Crippen molar-refractivity contribution in [2.75, 3.05) is 13.1 Å². The van der Waals surface area contributed by atoms with Gasteiger partial charge in [-0.05, 0) is 44.0 Å². The van der Waals surface area contributed by atoms with E-state index in [4.69, 9.17) is 4.74 Å². The van der Waals surface area contributed by atoms with E-state index >= 15 is 0 Å². The summed E-state index contributed by atoms with van der Waals surface area (Å²) in [6, 6.07) is 7.56. The molecule has 0 aliphatic carbocycles. The van der Waals surface area contributed by atoms with Gasteiger partial charge in [0.1, 0.15) is 5.75 Å². The Balaban J connectivity index is 1.80. The molecule has 2 rings (SSSR count). The highest BCUT2D eigenvalue weighted by atomic mass is 16.5. The third-order valence-electron chi connectivity index (χ3n) is 2.98. The summed E-state index contributed by atoms with van der Waals surface area (Å²) in [6.07, 6.45) is 4.51. The molecular formula is C15H19NO2. The van der Waals surface area contributed by atoms with Gasteiger partial charge in [-0.1, -0.05) is 23.8 Å². The van der Waals surface area contributed by atoms with Gasteiger partial charge in [-0.3, -0.25) is 4.79 Å². The lowest BCUT2D eigenvalue weighted by Crippen LogP contribution is -2.22. The lowest BCUT2D eigenvalue weighted by molar-refractivity contribution is -0.134. The molecule has 0 bridgehead atoms. The van der Waals surface area contributed by atoms with Gasteiger partial charge >= 0.3 is 5.97 Å². The molecule has 0 fully saturated rings. The number of esters is 1. The van der Waals surface area contributed by atoms with Crippen molar-refractivity contribution in [3.05, 3.63) is 41.5 Å². The molecule has 1 aromatic carbocycles. The van der Waals surface area contributed by atoms with E-state index in [1.165, 1.54) is 5.57 Å². The van der Waals surface area contributed by atoms with E-state index in [9.17, 15) is 4.79 Å². The molecule has 1 aromatic rings. The number of carbonyl (C=O) groups excluding carboxylic acids is 1. The van der Waals surface area contributed by atoms with Crippen molar-refractivity contribution in [3.63, 3.8) is 0 Å². The molecule has 0 aromatic heterocycles. The molecule has 1 heterocycles. The zero-order chi connectivity index (χ0) is 12.8. The highest BCUT2D eigenvalue weighted by Crippen LogP contribution is 2.15. The Kier molecular flexibility index (Phi) is 4.53. The first kappa shape index (κ1) is 12.8. The number of hydrogen-bond acceptors (Lipinski definition) is 3. The summed E-state index contributed by atoms with van der Waals surface area (Å²) in [4.78, 5) is 11.7. The Labute approximate surface area is 108 Å². The molecule has 1 aliphatic rings. The molecule has 3 heteroatoms. The molecule has 3 nitrogen and oxygen atoms in total. The summed E-state index contributed by atoms with van der Waals surface area (Å²) in [5.41, 5.74) is 2.40. The number of ether oxygens (including phenoxy) is 1. The summed E-state index contributed by atoms with van der Waals surface area (Å²) in [6.45, 7) is 3.92. The second-order valence-corrected chi connectivity index (χ2v) is 4.62. The predicted octanol–water partition coefficient (Wildman–Crippen LogP) is 2.60. The SMILES string of the molecule is Cc1cccc(OC(=O)CCC2=CCCNC2)c1. The number of carbonyl (C=O) groups is 1. The summed E-state index contributed by atoms with van der Waals surface area (Å²) in [5, 5.41) is 3.30. The zero-order valence-electron chi connectivity index (χ0n) is 10.7. The maximum absolute atomic E-state index is 11.7. The Morgan fingerprint density at radius 3 is 3.06 bits per heavy atom. The molecule has 0 unspecified atom stereocenters. The van der Waals surface area contributed by atoms with Crippen LogP contribution in [0.3, 0.4) is 0 Å². The minimum Gasteiger partial charge on any atom is -0.427 e. The van der Waals surface area contributed by atoms with E-state index in [2.05, 4.69) is 11.4 Å². The largest absolute Gasteiger partial charge is 0.427 e. The number of nitrogens with one attached hydrogen (secondary N) is 1. The van der Waals surface area contributed by atoms with Crippen molar-refractivity contribution in [1.82, 2.24) is 5.32 Å². The van der Waals surface area contributed by atoms with Crippen LogP contribution in [0.1, 0.15) is 24.8 Å². The van der Waals surface area contributed by atoms with Crippen LogP contribution in [0.2, 0.25) is 0 Å². The number of hydrogen-bond donors (Lipinski definition) is 1. The van der Waals surface area contributed by atoms with E-state index in [0.29, 0.717) is 12.2 Å². The van der Waals surface area contributed by atoms with Crippen LogP contribution in [0.5, 0.6) is 5.75 Å².